The molecule has 29 heavy (non-hydrogen) atoms. The fourth-order valence-corrected chi connectivity index (χ4v) is 3.01. The third-order valence-electron chi connectivity index (χ3n) is 4.31. The second-order valence-electron chi connectivity index (χ2n) is 6.38. The van der Waals surface area contributed by atoms with Gasteiger partial charge in [-0.3, -0.25) is 4.79 Å². The molecule has 146 valence electrons. The Bertz CT molecular complexity index is 1290. The number of aryl methyl sites for hydroxylation is 2. The summed E-state index contributed by atoms with van der Waals surface area (Å²) in [6.07, 6.45) is 1.31. The molecule has 0 aliphatic rings. The molecule has 4 rings (SSSR count). The van der Waals surface area contributed by atoms with Crippen LogP contribution in [0.15, 0.2) is 51.9 Å². The molecule has 0 spiro atoms. The first kappa shape index (κ1) is 18.4. The van der Waals surface area contributed by atoms with Crippen LogP contribution in [-0.2, 0) is 0 Å². The zero-order valence-corrected chi connectivity index (χ0v) is 16.0. The third-order valence-corrected chi connectivity index (χ3v) is 4.31. The number of hydrogen-bond acceptors (Lipinski definition) is 7. The van der Waals surface area contributed by atoms with E-state index in [1.54, 1.807) is 28.9 Å². The van der Waals surface area contributed by atoms with Gasteiger partial charge in [-0.1, -0.05) is 12.1 Å². The molecule has 0 saturated heterocycles. The Labute approximate surface area is 165 Å². The molecule has 1 amide bonds. The summed E-state index contributed by atoms with van der Waals surface area (Å²) in [7, 11) is 1.48. The normalized spacial score (nSPS) is 10.9. The van der Waals surface area contributed by atoms with E-state index in [1.165, 1.54) is 19.5 Å². The van der Waals surface area contributed by atoms with Crippen LogP contribution in [0.2, 0.25) is 0 Å². The second-order valence-corrected chi connectivity index (χ2v) is 6.38. The van der Waals surface area contributed by atoms with E-state index < -0.39 is 11.5 Å². The number of aromatic nitrogens is 4. The number of carbonyl (C=O) groups excluding carboxylic acids is 1. The zero-order chi connectivity index (χ0) is 20.5. The first-order valence-electron chi connectivity index (χ1n) is 8.74. The lowest BCUT2D eigenvalue weighted by molar-refractivity contribution is 0.102. The molecule has 1 N–H and O–H groups in total. The van der Waals surface area contributed by atoms with Crippen LogP contribution in [-0.4, -0.2) is 32.8 Å². The average Bonchev–Trinajstić information content (AvgIpc) is 3.05. The van der Waals surface area contributed by atoms with Gasteiger partial charge in [0, 0.05) is 17.1 Å². The van der Waals surface area contributed by atoms with Gasteiger partial charge >= 0.3 is 5.63 Å². The topological polar surface area (TPSA) is 112 Å². The van der Waals surface area contributed by atoms with Gasteiger partial charge in [0.2, 0.25) is 0 Å². The Balaban J connectivity index is 1.66. The fraction of sp³-hybridized carbons (Fsp3) is 0.150. The molecule has 3 heterocycles. The Kier molecular flexibility index (Phi) is 4.55. The molecule has 0 atom stereocenters. The van der Waals surface area contributed by atoms with Crippen molar-refractivity contribution in [3.05, 3.63) is 70.1 Å². The number of amides is 1. The molecule has 0 unspecified atom stereocenters. The summed E-state index contributed by atoms with van der Waals surface area (Å²) in [5.41, 5.74) is 1.10. The maximum atomic E-state index is 12.7. The van der Waals surface area contributed by atoms with Crippen molar-refractivity contribution in [3.63, 3.8) is 0 Å². The summed E-state index contributed by atoms with van der Waals surface area (Å²) in [6.45, 7) is 3.77. The Morgan fingerprint density at radius 1 is 1.17 bits per heavy atom. The number of carbonyl (C=O) groups is 1. The maximum absolute atomic E-state index is 12.7. The van der Waals surface area contributed by atoms with Crippen LogP contribution in [0.5, 0.6) is 5.75 Å². The van der Waals surface area contributed by atoms with Gasteiger partial charge in [-0.05, 0) is 32.0 Å². The quantitative estimate of drug-likeness (QED) is 0.532. The highest BCUT2D eigenvalue weighted by Gasteiger charge is 2.17. The van der Waals surface area contributed by atoms with Crippen molar-refractivity contribution >= 4 is 22.7 Å². The highest BCUT2D eigenvalue weighted by molar-refractivity contribution is 6.05. The van der Waals surface area contributed by atoms with E-state index in [0.29, 0.717) is 17.0 Å². The SMILES string of the molecule is COc1cccc2cc(C(=O)Nc3cc(-n4nc(C)cc4C)ncn3)c(=O)oc12. The highest BCUT2D eigenvalue weighted by Crippen LogP contribution is 2.24. The van der Waals surface area contributed by atoms with Crippen molar-refractivity contribution in [1.29, 1.82) is 0 Å². The van der Waals surface area contributed by atoms with Crippen molar-refractivity contribution in [1.82, 2.24) is 19.7 Å². The lowest BCUT2D eigenvalue weighted by Gasteiger charge is -2.08. The van der Waals surface area contributed by atoms with Gasteiger partial charge in [-0.25, -0.2) is 19.4 Å². The maximum Gasteiger partial charge on any atom is 0.349 e. The van der Waals surface area contributed by atoms with Crippen LogP contribution in [0.1, 0.15) is 21.7 Å². The Hall–Kier alpha value is -4.01. The average molecular weight is 391 g/mol. The molecule has 0 bridgehead atoms. The molecule has 0 aliphatic carbocycles. The predicted octanol–water partition coefficient (Wildman–Crippen LogP) is 2.65. The van der Waals surface area contributed by atoms with E-state index in [2.05, 4.69) is 20.4 Å². The number of nitrogens with one attached hydrogen (secondary N) is 1. The first-order valence-corrected chi connectivity index (χ1v) is 8.74. The van der Waals surface area contributed by atoms with Crippen LogP contribution >= 0.6 is 0 Å². The molecular formula is C20H17N5O4. The summed E-state index contributed by atoms with van der Waals surface area (Å²) < 4.78 is 12.1. The molecule has 9 heteroatoms. The van der Waals surface area contributed by atoms with Gasteiger partial charge in [0.1, 0.15) is 17.7 Å². The number of ether oxygens (including phenoxy) is 1. The van der Waals surface area contributed by atoms with Crippen molar-refractivity contribution < 1.29 is 13.9 Å². The largest absolute Gasteiger partial charge is 0.493 e. The fourth-order valence-electron chi connectivity index (χ4n) is 3.01. The number of rotatable bonds is 4. The van der Waals surface area contributed by atoms with Crippen LogP contribution in [0.25, 0.3) is 16.8 Å². The van der Waals surface area contributed by atoms with Gasteiger partial charge < -0.3 is 14.5 Å². The monoisotopic (exact) mass is 391 g/mol. The molecule has 0 fully saturated rings. The van der Waals surface area contributed by atoms with E-state index in [9.17, 15) is 9.59 Å². The van der Waals surface area contributed by atoms with E-state index in [1.807, 2.05) is 19.9 Å². The smallest absolute Gasteiger partial charge is 0.349 e. The van der Waals surface area contributed by atoms with E-state index in [0.717, 1.165) is 11.4 Å². The van der Waals surface area contributed by atoms with Crippen molar-refractivity contribution in [2.75, 3.05) is 12.4 Å². The number of benzene rings is 1. The van der Waals surface area contributed by atoms with E-state index in [-0.39, 0.29) is 17.0 Å². The van der Waals surface area contributed by atoms with E-state index in [4.69, 9.17) is 9.15 Å². The van der Waals surface area contributed by atoms with Gasteiger partial charge in [-0.15, -0.1) is 0 Å². The second kappa shape index (κ2) is 7.19. The predicted molar refractivity (Wildman–Crippen MR) is 106 cm³/mol. The highest BCUT2D eigenvalue weighted by atomic mass is 16.5. The molecule has 4 aromatic rings. The van der Waals surface area contributed by atoms with Crippen LogP contribution < -0.4 is 15.7 Å². The van der Waals surface area contributed by atoms with Crippen molar-refractivity contribution in [2.45, 2.75) is 13.8 Å². The number of fused-ring (bicyclic) bond motifs is 1. The van der Waals surface area contributed by atoms with Crippen LogP contribution in [0.4, 0.5) is 5.82 Å². The molecular weight excluding hydrogens is 374 g/mol. The van der Waals surface area contributed by atoms with Gasteiger partial charge in [-0.2, -0.15) is 5.10 Å². The number of para-hydroxylation sites is 1. The van der Waals surface area contributed by atoms with Crippen LogP contribution in [0.3, 0.4) is 0 Å². The Morgan fingerprint density at radius 3 is 2.72 bits per heavy atom. The van der Waals surface area contributed by atoms with E-state index >= 15 is 0 Å². The summed E-state index contributed by atoms with van der Waals surface area (Å²) in [6, 6.07) is 10.1. The number of nitrogens with zero attached hydrogens (tertiary/aromatic N) is 4. The molecule has 0 radical (unpaired) electrons. The minimum absolute atomic E-state index is 0.142. The van der Waals surface area contributed by atoms with Gasteiger partial charge in [0.15, 0.2) is 17.2 Å². The Morgan fingerprint density at radius 2 is 2.00 bits per heavy atom. The van der Waals surface area contributed by atoms with Crippen LogP contribution in [0, 0.1) is 13.8 Å². The molecule has 0 saturated carbocycles. The number of methoxy groups -OCH3 is 1. The standard InChI is InChI=1S/C20H17N5O4/c1-11-7-12(2)25(24-11)17-9-16(21-10-22-17)23-19(26)14-8-13-5-4-6-15(28-3)18(13)29-20(14)27/h4-10H,1-3H3,(H,21,22,23,26). The minimum atomic E-state index is -0.771. The molecule has 9 nitrogen and oxygen atoms in total. The first-order chi connectivity index (χ1) is 14.0. The van der Waals surface area contributed by atoms with Crippen molar-refractivity contribution in [3.8, 4) is 11.6 Å². The van der Waals surface area contributed by atoms with Gasteiger partial charge in [0.25, 0.3) is 5.91 Å². The van der Waals surface area contributed by atoms with Gasteiger partial charge in [0.05, 0.1) is 12.8 Å². The summed E-state index contributed by atoms with van der Waals surface area (Å²) in [4.78, 5) is 33.2. The lowest BCUT2D eigenvalue weighted by Crippen LogP contribution is -2.21. The summed E-state index contributed by atoms with van der Waals surface area (Å²) in [5.74, 6) is 0.507. The molecule has 1 aromatic carbocycles. The zero-order valence-electron chi connectivity index (χ0n) is 16.0. The minimum Gasteiger partial charge on any atom is -0.493 e. The number of anilines is 1. The molecule has 0 aliphatic heterocycles. The number of hydrogen-bond donors (Lipinski definition) is 1. The summed E-state index contributed by atoms with van der Waals surface area (Å²) in [5, 5.41) is 7.54. The lowest BCUT2D eigenvalue weighted by atomic mass is 10.1. The van der Waals surface area contributed by atoms with Crippen molar-refractivity contribution in [2.24, 2.45) is 0 Å². The molecule has 3 aromatic heterocycles. The third kappa shape index (κ3) is 3.45. The summed E-state index contributed by atoms with van der Waals surface area (Å²) >= 11 is 0.